The van der Waals surface area contributed by atoms with E-state index >= 15 is 0 Å². The summed E-state index contributed by atoms with van der Waals surface area (Å²) < 4.78 is 0. The molecule has 0 aliphatic heterocycles. The Balaban J connectivity index is 0.00000361. The molecule has 0 spiro atoms. The first-order valence-corrected chi connectivity index (χ1v) is 7.82. The molecule has 0 saturated carbocycles. The third-order valence-corrected chi connectivity index (χ3v) is 3.32. The Bertz CT molecular complexity index is 292. The number of benzene rings is 1. The lowest BCUT2D eigenvalue weighted by Gasteiger charge is -2.06. The summed E-state index contributed by atoms with van der Waals surface area (Å²) in [4.78, 5) is 5.43. The fourth-order valence-electron chi connectivity index (χ4n) is 2.11. The summed E-state index contributed by atoms with van der Waals surface area (Å²) in [6.45, 7) is 3.88. The average molecular weight is 300 g/mol. The summed E-state index contributed by atoms with van der Waals surface area (Å²) >= 11 is 0. The van der Waals surface area contributed by atoms with E-state index in [1.54, 1.807) is 0 Å². The third kappa shape index (κ3) is 11.3. The normalized spacial score (nSPS) is 10.2. The Morgan fingerprint density at radius 3 is 2.10 bits per heavy atom. The molecule has 116 valence electrons. The number of hydroxylamine groups is 1. The first kappa shape index (κ1) is 19.4. The number of rotatable bonds is 12. The largest absolute Gasteiger partial charge is 0.297 e. The molecule has 0 saturated heterocycles. The minimum absolute atomic E-state index is 0. The molecular formula is C17H30ClNO. The lowest BCUT2D eigenvalue weighted by atomic mass is 10.1. The van der Waals surface area contributed by atoms with Crippen molar-refractivity contribution in [2.75, 3.05) is 6.54 Å². The van der Waals surface area contributed by atoms with Crippen LogP contribution in [0.5, 0.6) is 0 Å². The second-order valence-corrected chi connectivity index (χ2v) is 5.14. The summed E-state index contributed by atoms with van der Waals surface area (Å²) in [5.41, 5.74) is 4.26. The van der Waals surface area contributed by atoms with Gasteiger partial charge in [-0.05, 0) is 12.0 Å². The van der Waals surface area contributed by atoms with Crippen LogP contribution in [0.4, 0.5) is 0 Å². The van der Waals surface area contributed by atoms with E-state index in [1.807, 2.05) is 18.2 Å². The molecule has 1 rings (SSSR count). The number of unbranched alkanes of at least 4 members (excludes halogenated alkanes) is 7. The van der Waals surface area contributed by atoms with Gasteiger partial charge in [0.2, 0.25) is 0 Å². The maximum absolute atomic E-state index is 5.43. The molecule has 0 heterocycles. The number of hydrogen-bond acceptors (Lipinski definition) is 2. The molecule has 0 bridgehead atoms. The fourth-order valence-corrected chi connectivity index (χ4v) is 2.11. The highest BCUT2D eigenvalue weighted by Gasteiger charge is 1.93. The summed E-state index contributed by atoms with van der Waals surface area (Å²) in [5.74, 6) is 0. The van der Waals surface area contributed by atoms with Gasteiger partial charge in [0.15, 0.2) is 0 Å². The van der Waals surface area contributed by atoms with Gasteiger partial charge in [-0.2, -0.15) is 0 Å². The molecule has 20 heavy (non-hydrogen) atoms. The molecule has 0 unspecified atom stereocenters. The molecule has 0 fully saturated rings. The van der Waals surface area contributed by atoms with Gasteiger partial charge in [0, 0.05) is 6.54 Å². The molecule has 2 nitrogen and oxygen atoms in total. The SMILES string of the molecule is CCCCCCCCCCNOCc1ccccc1.Cl. The average Bonchev–Trinajstić information content (AvgIpc) is 2.46. The number of nitrogens with one attached hydrogen (secondary N) is 1. The number of halogens is 1. The topological polar surface area (TPSA) is 21.3 Å². The Morgan fingerprint density at radius 2 is 1.45 bits per heavy atom. The van der Waals surface area contributed by atoms with Gasteiger partial charge < -0.3 is 0 Å². The van der Waals surface area contributed by atoms with Crippen LogP contribution in [0.3, 0.4) is 0 Å². The highest BCUT2D eigenvalue weighted by molar-refractivity contribution is 5.85. The summed E-state index contributed by atoms with van der Waals surface area (Å²) in [7, 11) is 0. The monoisotopic (exact) mass is 299 g/mol. The molecule has 0 aliphatic carbocycles. The smallest absolute Gasteiger partial charge is 0.0933 e. The Kier molecular flexibility index (Phi) is 14.4. The highest BCUT2D eigenvalue weighted by atomic mass is 35.5. The van der Waals surface area contributed by atoms with Crippen LogP contribution in [-0.4, -0.2) is 6.54 Å². The third-order valence-electron chi connectivity index (χ3n) is 3.32. The van der Waals surface area contributed by atoms with Crippen molar-refractivity contribution >= 4 is 12.4 Å². The lowest BCUT2D eigenvalue weighted by Crippen LogP contribution is -2.15. The van der Waals surface area contributed by atoms with Crippen LogP contribution in [0.15, 0.2) is 30.3 Å². The molecule has 3 heteroatoms. The first-order chi connectivity index (χ1) is 9.43. The van der Waals surface area contributed by atoms with Crippen LogP contribution >= 0.6 is 12.4 Å². The predicted octanol–water partition coefficient (Wildman–Crippen LogP) is 5.27. The van der Waals surface area contributed by atoms with Gasteiger partial charge >= 0.3 is 0 Å². The molecule has 0 radical (unpaired) electrons. The highest BCUT2D eigenvalue weighted by Crippen LogP contribution is 2.07. The van der Waals surface area contributed by atoms with E-state index in [1.165, 1.54) is 56.9 Å². The summed E-state index contributed by atoms with van der Waals surface area (Å²) in [6, 6.07) is 10.3. The van der Waals surface area contributed by atoms with Crippen LogP contribution < -0.4 is 5.48 Å². The van der Waals surface area contributed by atoms with Crippen LogP contribution in [0.25, 0.3) is 0 Å². The van der Waals surface area contributed by atoms with Crippen molar-refractivity contribution in [3.63, 3.8) is 0 Å². The first-order valence-electron chi connectivity index (χ1n) is 7.82. The molecule has 1 aromatic rings. The van der Waals surface area contributed by atoms with E-state index in [9.17, 15) is 0 Å². The molecule has 0 amide bonds. The van der Waals surface area contributed by atoms with Crippen molar-refractivity contribution in [1.82, 2.24) is 5.48 Å². The minimum atomic E-state index is 0. The van der Waals surface area contributed by atoms with Gasteiger partial charge in [-0.1, -0.05) is 82.2 Å². The minimum Gasteiger partial charge on any atom is -0.297 e. The van der Waals surface area contributed by atoms with Crippen molar-refractivity contribution in [2.45, 2.75) is 64.9 Å². The quantitative estimate of drug-likeness (QED) is 0.419. The maximum atomic E-state index is 5.43. The molecular weight excluding hydrogens is 270 g/mol. The van der Waals surface area contributed by atoms with Gasteiger partial charge in [0.1, 0.15) is 0 Å². The Hall–Kier alpha value is -0.570. The lowest BCUT2D eigenvalue weighted by molar-refractivity contribution is 0.0272. The van der Waals surface area contributed by atoms with Gasteiger partial charge in [0.25, 0.3) is 0 Å². The van der Waals surface area contributed by atoms with E-state index in [0.717, 1.165) is 6.54 Å². The Morgan fingerprint density at radius 1 is 0.850 bits per heavy atom. The van der Waals surface area contributed by atoms with Crippen LogP contribution in [-0.2, 0) is 11.4 Å². The van der Waals surface area contributed by atoms with Crippen molar-refractivity contribution in [2.24, 2.45) is 0 Å². The van der Waals surface area contributed by atoms with Crippen LogP contribution in [0.1, 0.15) is 63.9 Å². The predicted molar refractivity (Wildman–Crippen MR) is 89.1 cm³/mol. The standard InChI is InChI=1S/C17H29NO.ClH/c1-2-3-4-5-6-7-8-12-15-18-19-16-17-13-10-9-11-14-17;/h9-11,13-14,18H,2-8,12,15-16H2,1H3;1H. The maximum Gasteiger partial charge on any atom is 0.0933 e. The van der Waals surface area contributed by atoms with Gasteiger partial charge in [-0.3, -0.25) is 4.84 Å². The second kappa shape index (κ2) is 14.8. The summed E-state index contributed by atoms with van der Waals surface area (Å²) in [6.07, 6.45) is 10.8. The van der Waals surface area contributed by atoms with Crippen LogP contribution in [0.2, 0.25) is 0 Å². The van der Waals surface area contributed by atoms with Crippen molar-refractivity contribution in [3.8, 4) is 0 Å². The summed E-state index contributed by atoms with van der Waals surface area (Å²) in [5, 5.41) is 0. The molecule has 0 atom stereocenters. The molecule has 0 aliphatic rings. The molecule has 1 N–H and O–H groups in total. The van der Waals surface area contributed by atoms with Crippen LogP contribution in [0, 0.1) is 0 Å². The van der Waals surface area contributed by atoms with Crippen molar-refractivity contribution in [3.05, 3.63) is 35.9 Å². The Labute approximate surface area is 130 Å². The fraction of sp³-hybridized carbons (Fsp3) is 0.647. The second-order valence-electron chi connectivity index (χ2n) is 5.14. The zero-order valence-corrected chi connectivity index (χ0v) is 13.6. The van der Waals surface area contributed by atoms with E-state index in [2.05, 4.69) is 24.5 Å². The van der Waals surface area contributed by atoms with Crippen molar-refractivity contribution in [1.29, 1.82) is 0 Å². The van der Waals surface area contributed by atoms with E-state index in [-0.39, 0.29) is 12.4 Å². The zero-order valence-electron chi connectivity index (χ0n) is 12.8. The molecule has 0 aromatic heterocycles. The van der Waals surface area contributed by atoms with E-state index in [0.29, 0.717) is 6.61 Å². The zero-order chi connectivity index (χ0) is 13.6. The van der Waals surface area contributed by atoms with E-state index in [4.69, 9.17) is 4.84 Å². The van der Waals surface area contributed by atoms with Gasteiger partial charge in [-0.15, -0.1) is 12.4 Å². The van der Waals surface area contributed by atoms with Crippen molar-refractivity contribution < 1.29 is 4.84 Å². The van der Waals surface area contributed by atoms with Gasteiger partial charge in [0.05, 0.1) is 6.61 Å². The number of hydrogen-bond donors (Lipinski definition) is 1. The molecule has 1 aromatic carbocycles. The van der Waals surface area contributed by atoms with Gasteiger partial charge in [-0.25, -0.2) is 5.48 Å². The van der Waals surface area contributed by atoms with E-state index < -0.39 is 0 Å².